The van der Waals surface area contributed by atoms with Crippen molar-refractivity contribution >= 4 is 21.6 Å². The van der Waals surface area contributed by atoms with Crippen molar-refractivity contribution in [3.8, 4) is 0 Å². The fraction of sp³-hybridized carbons (Fsp3) is 0.500. The highest BCUT2D eigenvalue weighted by molar-refractivity contribution is 9.10. The molecule has 1 fully saturated rings. The predicted octanol–water partition coefficient (Wildman–Crippen LogP) is 1.72. The van der Waals surface area contributed by atoms with E-state index in [4.69, 9.17) is 0 Å². The van der Waals surface area contributed by atoms with Crippen LogP contribution in [-0.4, -0.2) is 29.3 Å². The molecular weight excluding hydrogens is 244 g/mol. The number of nitrogens with zero attached hydrogens (tertiary/aromatic N) is 2. The second-order valence-corrected chi connectivity index (χ2v) is 4.56. The van der Waals surface area contributed by atoms with Gasteiger partial charge in [-0.15, -0.1) is 0 Å². The lowest BCUT2D eigenvalue weighted by atomic mass is 10.3. The van der Waals surface area contributed by atoms with Gasteiger partial charge in [0.15, 0.2) is 0 Å². The minimum absolute atomic E-state index is 0.187. The Hall–Kier alpha value is -0.610. The molecule has 1 aromatic rings. The Morgan fingerprint density at radius 2 is 2.43 bits per heavy atom. The van der Waals surface area contributed by atoms with Crippen LogP contribution in [-0.2, 0) is 0 Å². The third-order valence-electron chi connectivity index (χ3n) is 2.53. The van der Waals surface area contributed by atoms with Gasteiger partial charge in [-0.3, -0.25) is 4.98 Å². The zero-order valence-electron chi connectivity index (χ0n) is 8.07. The number of aliphatic hydroxyl groups is 1. The maximum absolute atomic E-state index is 9.45. The molecule has 1 atom stereocenters. The summed E-state index contributed by atoms with van der Waals surface area (Å²) in [4.78, 5) is 6.46. The molecule has 0 spiro atoms. The second kappa shape index (κ2) is 3.87. The molecule has 1 saturated heterocycles. The van der Waals surface area contributed by atoms with Gasteiger partial charge in [-0.2, -0.15) is 0 Å². The van der Waals surface area contributed by atoms with E-state index >= 15 is 0 Å². The van der Waals surface area contributed by atoms with E-state index in [0.717, 1.165) is 35.4 Å². The molecule has 2 rings (SSSR count). The van der Waals surface area contributed by atoms with Crippen molar-refractivity contribution in [3.05, 3.63) is 22.4 Å². The molecule has 0 unspecified atom stereocenters. The van der Waals surface area contributed by atoms with Gasteiger partial charge in [0, 0.05) is 23.8 Å². The third-order valence-corrected chi connectivity index (χ3v) is 2.96. The van der Waals surface area contributed by atoms with Crippen LogP contribution in [0.3, 0.4) is 0 Å². The lowest BCUT2D eigenvalue weighted by Gasteiger charge is -2.19. The normalized spacial score (nSPS) is 21.6. The summed E-state index contributed by atoms with van der Waals surface area (Å²) in [5.41, 5.74) is 2.14. The number of anilines is 1. The lowest BCUT2D eigenvalue weighted by Crippen LogP contribution is -2.22. The number of halogens is 1. The van der Waals surface area contributed by atoms with Crippen LogP contribution in [0.1, 0.15) is 12.1 Å². The molecule has 0 amide bonds. The number of hydrogen-bond acceptors (Lipinski definition) is 3. The van der Waals surface area contributed by atoms with Crippen molar-refractivity contribution in [2.45, 2.75) is 19.4 Å². The van der Waals surface area contributed by atoms with Crippen LogP contribution >= 0.6 is 15.9 Å². The number of aromatic nitrogens is 1. The molecular formula is C10H13BrN2O. The van der Waals surface area contributed by atoms with E-state index in [1.54, 1.807) is 6.20 Å². The van der Waals surface area contributed by atoms with Crippen LogP contribution < -0.4 is 4.90 Å². The molecule has 14 heavy (non-hydrogen) atoms. The van der Waals surface area contributed by atoms with Crippen LogP contribution in [0.4, 0.5) is 5.69 Å². The van der Waals surface area contributed by atoms with Crippen LogP contribution in [0.25, 0.3) is 0 Å². The van der Waals surface area contributed by atoms with Crippen LogP contribution in [0.15, 0.2) is 16.7 Å². The Morgan fingerprint density at radius 3 is 3.07 bits per heavy atom. The van der Waals surface area contributed by atoms with Gasteiger partial charge >= 0.3 is 0 Å². The largest absolute Gasteiger partial charge is 0.391 e. The smallest absolute Gasteiger partial charge is 0.0731 e. The first-order chi connectivity index (χ1) is 6.66. The summed E-state index contributed by atoms with van der Waals surface area (Å²) >= 11 is 3.41. The Labute approximate surface area is 91.9 Å². The molecule has 76 valence electrons. The van der Waals surface area contributed by atoms with E-state index < -0.39 is 0 Å². The maximum atomic E-state index is 9.45. The summed E-state index contributed by atoms with van der Waals surface area (Å²) in [5.74, 6) is 0. The van der Waals surface area contributed by atoms with Gasteiger partial charge in [-0.05, 0) is 35.3 Å². The monoisotopic (exact) mass is 256 g/mol. The summed E-state index contributed by atoms with van der Waals surface area (Å²) < 4.78 is 0.986. The van der Waals surface area contributed by atoms with Crippen molar-refractivity contribution in [2.75, 3.05) is 18.0 Å². The fourth-order valence-electron chi connectivity index (χ4n) is 1.78. The van der Waals surface area contributed by atoms with E-state index in [1.807, 2.05) is 6.92 Å². The Bertz CT molecular complexity index is 343. The summed E-state index contributed by atoms with van der Waals surface area (Å²) in [6.45, 7) is 3.63. The van der Waals surface area contributed by atoms with E-state index in [-0.39, 0.29) is 6.10 Å². The summed E-state index contributed by atoms with van der Waals surface area (Å²) in [6, 6.07) is 2.06. The molecule has 0 saturated carbocycles. The average molecular weight is 257 g/mol. The predicted molar refractivity (Wildman–Crippen MR) is 59.5 cm³/mol. The molecule has 0 bridgehead atoms. The topological polar surface area (TPSA) is 36.4 Å². The van der Waals surface area contributed by atoms with Gasteiger partial charge in [0.1, 0.15) is 0 Å². The standard InChI is InChI=1S/C10H13BrN2O/c1-7-10(4-8(11)5-12-7)13-3-2-9(14)6-13/h4-5,9,14H,2-3,6H2,1H3/t9-/m0/s1. The highest BCUT2D eigenvalue weighted by Gasteiger charge is 2.21. The Kier molecular flexibility index (Phi) is 2.74. The summed E-state index contributed by atoms with van der Waals surface area (Å²) in [6.07, 6.45) is 2.46. The second-order valence-electron chi connectivity index (χ2n) is 3.65. The van der Waals surface area contributed by atoms with Crippen molar-refractivity contribution in [1.29, 1.82) is 0 Å². The minimum Gasteiger partial charge on any atom is -0.391 e. The van der Waals surface area contributed by atoms with E-state index in [0.29, 0.717) is 0 Å². The Morgan fingerprint density at radius 1 is 1.64 bits per heavy atom. The Balaban J connectivity index is 2.27. The van der Waals surface area contributed by atoms with E-state index in [2.05, 4.69) is 31.9 Å². The zero-order chi connectivity index (χ0) is 10.1. The van der Waals surface area contributed by atoms with Gasteiger partial charge in [0.25, 0.3) is 0 Å². The first-order valence-corrected chi connectivity index (χ1v) is 5.51. The third kappa shape index (κ3) is 1.91. The van der Waals surface area contributed by atoms with Crippen LogP contribution in [0.5, 0.6) is 0 Å². The molecule has 3 nitrogen and oxygen atoms in total. The van der Waals surface area contributed by atoms with Crippen molar-refractivity contribution < 1.29 is 5.11 Å². The van der Waals surface area contributed by atoms with E-state index in [9.17, 15) is 5.11 Å². The van der Waals surface area contributed by atoms with Crippen molar-refractivity contribution in [3.63, 3.8) is 0 Å². The van der Waals surface area contributed by atoms with Gasteiger partial charge < -0.3 is 10.0 Å². The summed E-state index contributed by atoms with van der Waals surface area (Å²) in [5, 5.41) is 9.45. The summed E-state index contributed by atoms with van der Waals surface area (Å²) in [7, 11) is 0. The number of aliphatic hydroxyl groups excluding tert-OH is 1. The SMILES string of the molecule is Cc1ncc(Br)cc1N1CC[C@H](O)C1. The van der Waals surface area contributed by atoms with Gasteiger partial charge in [0.2, 0.25) is 0 Å². The van der Waals surface area contributed by atoms with Gasteiger partial charge in [-0.1, -0.05) is 0 Å². The number of β-amino-alcohol motifs (C(OH)–C–C–N with tert-alkyl or cyclic N) is 1. The van der Waals surface area contributed by atoms with Crippen molar-refractivity contribution in [2.24, 2.45) is 0 Å². The molecule has 1 aliphatic rings. The minimum atomic E-state index is -0.187. The molecule has 0 aliphatic carbocycles. The number of rotatable bonds is 1. The first kappa shape index (κ1) is 9.93. The number of hydrogen-bond donors (Lipinski definition) is 1. The average Bonchev–Trinajstić information content (AvgIpc) is 2.56. The molecule has 0 radical (unpaired) electrons. The number of aryl methyl sites for hydroxylation is 1. The first-order valence-electron chi connectivity index (χ1n) is 4.72. The quantitative estimate of drug-likeness (QED) is 0.832. The lowest BCUT2D eigenvalue weighted by molar-refractivity contribution is 0.198. The molecule has 1 N–H and O–H groups in total. The fourth-order valence-corrected chi connectivity index (χ4v) is 2.10. The van der Waals surface area contributed by atoms with Crippen LogP contribution in [0.2, 0.25) is 0 Å². The number of pyridine rings is 1. The van der Waals surface area contributed by atoms with E-state index in [1.165, 1.54) is 0 Å². The molecule has 1 aliphatic heterocycles. The van der Waals surface area contributed by atoms with Gasteiger partial charge in [0.05, 0.1) is 17.5 Å². The molecule has 2 heterocycles. The molecule has 1 aromatic heterocycles. The van der Waals surface area contributed by atoms with Gasteiger partial charge in [-0.25, -0.2) is 0 Å². The maximum Gasteiger partial charge on any atom is 0.0731 e. The van der Waals surface area contributed by atoms with Crippen LogP contribution in [0, 0.1) is 6.92 Å². The highest BCUT2D eigenvalue weighted by Crippen LogP contribution is 2.25. The molecule has 4 heteroatoms. The van der Waals surface area contributed by atoms with Crippen molar-refractivity contribution in [1.82, 2.24) is 4.98 Å². The molecule has 0 aromatic carbocycles. The zero-order valence-corrected chi connectivity index (χ0v) is 9.66. The highest BCUT2D eigenvalue weighted by atomic mass is 79.9.